The van der Waals surface area contributed by atoms with Gasteiger partial charge in [-0.15, -0.1) is 5.10 Å². The zero-order valence-corrected chi connectivity index (χ0v) is 16.4. The summed E-state index contributed by atoms with van der Waals surface area (Å²) in [5.74, 6) is -0.604. The van der Waals surface area contributed by atoms with Crippen molar-refractivity contribution >= 4 is 11.7 Å². The molecule has 10 heteroatoms. The van der Waals surface area contributed by atoms with Crippen molar-refractivity contribution in [1.29, 1.82) is 0 Å². The molecule has 1 atom stereocenters. The van der Waals surface area contributed by atoms with Crippen LogP contribution in [0.5, 0.6) is 0 Å². The predicted octanol–water partition coefficient (Wildman–Crippen LogP) is 3.42. The monoisotopic (exact) mass is 409 g/mol. The fourth-order valence-corrected chi connectivity index (χ4v) is 3.16. The number of alkyl halides is 3. The van der Waals surface area contributed by atoms with Gasteiger partial charge in [-0.3, -0.25) is 4.79 Å². The lowest BCUT2D eigenvalue weighted by molar-refractivity contribution is -0.144. The molecule has 29 heavy (non-hydrogen) atoms. The van der Waals surface area contributed by atoms with Gasteiger partial charge in [0, 0.05) is 30.3 Å². The van der Waals surface area contributed by atoms with Crippen molar-refractivity contribution in [3.63, 3.8) is 0 Å². The molecule has 3 aromatic heterocycles. The van der Waals surface area contributed by atoms with Crippen molar-refractivity contribution in [1.82, 2.24) is 24.9 Å². The largest absolute Gasteiger partial charge is 0.469 e. The smallest absolute Gasteiger partial charge is 0.453 e. The highest BCUT2D eigenvalue weighted by Gasteiger charge is 2.36. The Balaban J connectivity index is 1.62. The fourth-order valence-electron chi connectivity index (χ4n) is 3.16. The number of aromatic nitrogens is 4. The summed E-state index contributed by atoms with van der Waals surface area (Å²) in [5.41, 5.74) is 1.72. The van der Waals surface area contributed by atoms with E-state index >= 15 is 0 Å². The molecule has 3 aromatic rings. The Morgan fingerprint density at radius 2 is 2.03 bits per heavy atom. The number of fused-ring (bicyclic) bond motifs is 1. The molecule has 0 aromatic carbocycles. The third kappa shape index (κ3) is 4.93. The van der Waals surface area contributed by atoms with Crippen LogP contribution in [0, 0.1) is 13.8 Å². The van der Waals surface area contributed by atoms with E-state index in [1.54, 1.807) is 20.1 Å². The van der Waals surface area contributed by atoms with Gasteiger partial charge >= 0.3 is 6.18 Å². The Labute approximate surface area is 165 Å². The highest BCUT2D eigenvalue weighted by atomic mass is 19.4. The van der Waals surface area contributed by atoms with Crippen LogP contribution >= 0.6 is 0 Å². The molecule has 0 saturated heterocycles. The second-order valence-corrected chi connectivity index (χ2v) is 6.99. The Bertz CT molecular complexity index is 996. The maximum atomic E-state index is 12.9. The lowest BCUT2D eigenvalue weighted by atomic mass is 10.1. The third-order valence-corrected chi connectivity index (χ3v) is 4.72. The van der Waals surface area contributed by atoms with E-state index in [4.69, 9.17) is 4.42 Å². The number of nitrogens with one attached hydrogen (secondary N) is 1. The molecular formula is C19H22F3N5O2. The van der Waals surface area contributed by atoms with E-state index in [0.29, 0.717) is 23.4 Å². The minimum atomic E-state index is -4.64. The topological polar surface area (TPSA) is 85.3 Å². The minimum absolute atomic E-state index is 0.0277. The van der Waals surface area contributed by atoms with Crippen LogP contribution in [0.4, 0.5) is 13.2 Å². The number of carbonyl (C=O) groups is 1. The highest BCUT2D eigenvalue weighted by molar-refractivity contribution is 5.76. The van der Waals surface area contributed by atoms with Crippen molar-refractivity contribution in [3.05, 3.63) is 46.9 Å². The van der Waals surface area contributed by atoms with E-state index in [2.05, 4.69) is 20.4 Å². The van der Waals surface area contributed by atoms with Gasteiger partial charge in [0.25, 0.3) is 11.6 Å². The average Bonchev–Trinajstić information content (AvgIpc) is 3.28. The van der Waals surface area contributed by atoms with Crippen molar-refractivity contribution in [2.45, 2.75) is 58.7 Å². The number of nitrogens with zero attached hydrogens (tertiary/aromatic N) is 4. The molecular weight excluding hydrogens is 387 g/mol. The molecule has 1 amide bonds. The quantitative estimate of drug-likeness (QED) is 0.646. The van der Waals surface area contributed by atoms with Crippen molar-refractivity contribution in [2.75, 3.05) is 0 Å². The van der Waals surface area contributed by atoms with Crippen LogP contribution in [0.1, 0.15) is 48.3 Å². The number of aryl methyl sites for hydroxylation is 3. The SMILES string of the molecule is Cc1nc2nc(C(F)(F)F)nn2c(C)c1CCC(=O)NC(C)CCc1ccco1. The van der Waals surface area contributed by atoms with Crippen molar-refractivity contribution in [3.8, 4) is 0 Å². The minimum Gasteiger partial charge on any atom is -0.469 e. The first kappa shape index (κ1) is 20.8. The van der Waals surface area contributed by atoms with E-state index in [0.717, 1.165) is 23.1 Å². The summed E-state index contributed by atoms with van der Waals surface area (Å²) >= 11 is 0. The maximum absolute atomic E-state index is 12.9. The van der Waals surface area contributed by atoms with Crippen molar-refractivity contribution in [2.24, 2.45) is 0 Å². The van der Waals surface area contributed by atoms with Crippen LogP contribution < -0.4 is 5.32 Å². The molecule has 3 heterocycles. The molecule has 0 aliphatic heterocycles. The second kappa shape index (κ2) is 8.22. The van der Waals surface area contributed by atoms with E-state index in [1.807, 2.05) is 19.1 Å². The predicted molar refractivity (Wildman–Crippen MR) is 98.2 cm³/mol. The lowest BCUT2D eigenvalue weighted by Gasteiger charge is -2.14. The summed E-state index contributed by atoms with van der Waals surface area (Å²) in [6.45, 7) is 5.25. The summed E-state index contributed by atoms with van der Waals surface area (Å²) in [5, 5.41) is 6.45. The zero-order valence-electron chi connectivity index (χ0n) is 16.4. The van der Waals surface area contributed by atoms with Crippen LogP contribution in [0.3, 0.4) is 0 Å². The van der Waals surface area contributed by atoms with Crippen LogP contribution in [-0.2, 0) is 23.8 Å². The third-order valence-electron chi connectivity index (χ3n) is 4.72. The Kier molecular flexibility index (Phi) is 5.90. The van der Waals surface area contributed by atoms with E-state index in [9.17, 15) is 18.0 Å². The first-order valence-electron chi connectivity index (χ1n) is 9.27. The molecule has 3 rings (SSSR count). The van der Waals surface area contributed by atoms with Gasteiger partial charge in [-0.2, -0.15) is 18.2 Å². The van der Waals surface area contributed by atoms with Gasteiger partial charge in [0.1, 0.15) is 5.76 Å². The molecule has 0 aliphatic carbocycles. The van der Waals surface area contributed by atoms with Gasteiger partial charge in [0.15, 0.2) is 0 Å². The van der Waals surface area contributed by atoms with Gasteiger partial charge in [-0.1, -0.05) is 0 Å². The van der Waals surface area contributed by atoms with E-state index in [-0.39, 0.29) is 24.1 Å². The van der Waals surface area contributed by atoms with Gasteiger partial charge < -0.3 is 9.73 Å². The molecule has 0 saturated carbocycles. The number of hydrogen-bond donors (Lipinski definition) is 1. The van der Waals surface area contributed by atoms with Gasteiger partial charge in [0.2, 0.25) is 5.91 Å². The van der Waals surface area contributed by atoms with Crippen LogP contribution in [0.25, 0.3) is 5.78 Å². The standard InChI is InChI=1S/C19H22F3N5O2/c1-11(6-7-14-5-4-10-29-14)23-16(28)9-8-15-12(2)24-18-25-17(19(20,21)22)26-27(18)13(15)3/h4-5,10-11H,6-9H2,1-3H3,(H,23,28). The Hall–Kier alpha value is -2.91. The molecule has 7 nitrogen and oxygen atoms in total. The summed E-state index contributed by atoms with van der Waals surface area (Å²) in [6, 6.07) is 3.68. The van der Waals surface area contributed by atoms with Crippen LogP contribution in [0.2, 0.25) is 0 Å². The average molecular weight is 409 g/mol. The van der Waals surface area contributed by atoms with Crippen LogP contribution in [-0.4, -0.2) is 31.5 Å². The summed E-state index contributed by atoms with van der Waals surface area (Å²) < 4.78 is 44.9. The van der Waals surface area contributed by atoms with Crippen molar-refractivity contribution < 1.29 is 22.4 Å². The first-order chi connectivity index (χ1) is 13.6. The summed E-state index contributed by atoms with van der Waals surface area (Å²) in [7, 11) is 0. The lowest BCUT2D eigenvalue weighted by Crippen LogP contribution is -2.33. The molecule has 1 N–H and O–H groups in total. The van der Waals surface area contributed by atoms with E-state index in [1.165, 1.54) is 0 Å². The highest BCUT2D eigenvalue weighted by Crippen LogP contribution is 2.27. The number of halogens is 3. The second-order valence-electron chi connectivity index (χ2n) is 6.99. The van der Waals surface area contributed by atoms with Crippen LogP contribution in [0.15, 0.2) is 22.8 Å². The summed E-state index contributed by atoms with van der Waals surface area (Å²) in [6.07, 6.45) is -1.02. The Morgan fingerprint density at radius 3 is 2.69 bits per heavy atom. The summed E-state index contributed by atoms with van der Waals surface area (Å²) in [4.78, 5) is 19.8. The number of furan rings is 1. The van der Waals surface area contributed by atoms with Gasteiger partial charge in [-0.25, -0.2) is 9.50 Å². The maximum Gasteiger partial charge on any atom is 0.453 e. The molecule has 0 spiro atoms. The molecule has 0 radical (unpaired) electrons. The number of hydrogen-bond acceptors (Lipinski definition) is 5. The first-order valence-corrected chi connectivity index (χ1v) is 9.27. The zero-order chi connectivity index (χ0) is 21.2. The number of amides is 1. The molecule has 156 valence electrons. The van der Waals surface area contributed by atoms with Gasteiger partial charge in [-0.05, 0) is 51.3 Å². The van der Waals surface area contributed by atoms with Gasteiger partial charge in [0.05, 0.1) is 6.26 Å². The Morgan fingerprint density at radius 1 is 1.28 bits per heavy atom. The molecule has 0 aliphatic rings. The fraction of sp³-hybridized carbons (Fsp3) is 0.474. The molecule has 0 bridgehead atoms. The molecule has 0 fully saturated rings. The number of rotatable bonds is 7. The number of carbonyl (C=O) groups excluding carboxylic acids is 1. The molecule has 1 unspecified atom stereocenters. The van der Waals surface area contributed by atoms with E-state index < -0.39 is 12.0 Å². The normalized spacial score (nSPS) is 13.0.